The number of hydrogen-bond donors (Lipinski definition) is 2. The molecule has 2 atom stereocenters. The Bertz CT molecular complexity index is 987. The zero-order valence-electron chi connectivity index (χ0n) is 15.4. The predicted octanol–water partition coefficient (Wildman–Crippen LogP) is 1.75. The van der Waals surface area contributed by atoms with Gasteiger partial charge in [0, 0.05) is 24.8 Å². The number of aromatic amines is 1. The van der Waals surface area contributed by atoms with Gasteiger partial charge in [-0.15, -0.1) is 0 Å². The lowest BCUT2D eigenvalue weighted by molar-refractivity contribution is 0.0641. The molecule has 2 aliphatic rings. The van der Waals surface area contributed by atoms with Crippen LogP contribution in [-0.2, 0) is 0 Å². The van der Waals surface area contributed by atoms with E-state index in [-0.39, 0.29) is 24.7 Å². The van der Waals surface area contributed by atoms with Gasteiger partial charge in [-0.25, -0.2) is 9.97 Å². The van der Waals surface area contributed by atoms with Crippen LogP contribution in [-0.4, -0.2) is 57.7 Å². The summed E-state index contributed by atoms with van der Waals surface area (Å²) >= 11 is 0. The summed E-state index contributed by atoms with van der Waals surface area (Å²) in [7, 11) is 0. The molecular weight excluding hydrogens is 356 g/mol. The molecule has 2 fully saturated rings. The number of fused-ring (bicyclic) bond motifs is 3. The van der Waals surface area contributed by atoms with E-state index in [1.54, 1.807) is 18.5 Å². The largest absolute Gasteiger partial charge is 0.479 e. The Morgan fingerprint density at radius 2 is 1.89 bits per heavy atom. The first-order valence-corrected chi connectivity index (χ1v) is 9.53. The molecule has 8 heteroatoms. The Hall–Kier alpha value is -3.13. The number of benzene rings is 1. The topological polar surface area (TPSA) is 100 Å². The molecule has 2 saturated heterocycles. The standard InChI is InChI=1S/C20H22N6O2/c21-11-28-16-5-1-13(2-6-16)20(27)26-14-3-4-15(26)10-25(9-14)19-17-7-8-22-18(17)23-12-24-19/h1-2,5-8,12,14-15H,3-4,9-11,21H2,(H,22,23,24)/t14-,15?/m1/s1. The monoisotopic (exact) mass is 378 g/mol. The van der Waals surface area contributed by atoms with Gasteiger partial charge in [0.25, 0.3) is 5.91 Å². The van der Waals surface area contributed by atoms with Gasteiger partial charge in [0.1, 0.15) is 30.3 Å². The molecule has 0 aliphatic carbocycles. The number of anilines is 1. The molecule has 0 saturated carbocycles. The quantitative estimate of drug-likeness (QED) is 0.671. The van der Waals surface area contributed by atoms with Crippen molar-refractivity contribution >= 4 is 22.8 Å². The summed E-state index contributed by atoms with van der Waals surface area (Å²) < 4.78 is 5.26. The second kappa shape index (κ2) is 6.79. The summed E-state index contributed by atoms with van der Waals surface area (Å²) in [5, 5.41) is 1.03. The normalized spacial score (nSPS) is 21.3. The van der Waals surface area contributed by atoms with Gasteiger partial charge in [0.05, 0.1) is 17.5 Å². The van der Waals surface area contributed by atoms with Crippen LogP contribution < -0.4 is 15.4 Å². The van der Waals surface area contributed by atoms with E-state index < -0.39 is 0 Å². The first kappa shape index (κ1) is 17.0. The van der Waals surface area contributed by atoms with Crippen molar-refractivity contribution in [1.82, 2.24) is 19.9 Å². The maximum Gasteiger partial charge on any atom is 0.254 e. The molecule has 8 nitrogen and oxygen atoms in total. The minimum absolute atomic E-state index is 0.0842. The molecule has 28 heavy (non-hydrogen) atoms. The highest BCUT2D eigenvalue weighted by Crippen LogP contribution is 2.35. The van der Waals surface area contributed by atoms with Crippen LogP contribution in [0.15, 0.2) is 42.9 Å². The fraction of sp³-hybridized carbons (Fsp3) is 0.350. The zero-order chi connectivity index (χ0) is 19.1. The maximum absolute atomic E-state index is 13.2. The van der Waals surface area contributed by atoms with Crippen molar-refractivity contribution in [3.63, 3.8) is 0 Å². The van der Waals surface area contributed by atoms with Gasteiger partial charge in [0.2, 0.25) is 0 Å². The van der Waals surface area contributed by atoms with E-state index >= 15 is 0 Å². The van der Waals surface area contributed by atoms with Gasteiger partial charge in [-0.2, -0.15) is 0 Å². The van der Waals surface area contributed by atoms with Crippen LogP contribution in [0.2, 0.25) is 0 Å². The highest BCUT2D eigenvalue weighted by atomic mass is 16.5. The number of carbonyl (C=O) groups excluding carboxylic acids is 1. The second-order valence-corrected chi connectivity index (χ2v) is 7.28. The van der Waals surface area contributed by atoms with Crippen LogP contribution in [0.4, 0.5) is 5.82 Å². The summed E-state index contributed by atoms with van der Waals surface area (Å²) in [6, 6.07) is 9.60. The Balaban J connectivity index is 1.37. The molecule has 3 N–H and O–H groups in total. The molecule has 4 heterocycles. The van der Waals surface area contributed by atoms with Crippen molar-refractivity contribution in [3.05, 3.63) is 48.4 Å². The molecular formula is C20H22N6O2. The smallest absolute Gasteiger partial charge is 0.254 e. The van der Waals surface area contributed by atoms with E-state index in [2.05, 4.69) is 24.8 Å². The Labute approximate surface area is 162 Å². The predicted molar refractivity (Wildman–Crippen MR) is 105 cm³/mol. The Kier molecular flexibility index (Phi) is 4.12. The van der Waals surface area contributed by atoms with Gasteiger partial charge in [-0.05, 0) is 43.2 Å². The number of nitrogens with two attached hydrogens (primary N) is 1. The van der Waals surface area contributed by atoms with Crippen LogP contribution in [0.25, 0.3) is 11.0 Å². The summed E-state index contributed by atoms with van der Waals surface area (Å²) in [6.45, 7) is 1.69. The van der Waals surface area contributed by atoms with Crippen LogP contribution in [0.3, 0.4) is 0 Å². The average molecular weight is 378 g/mol. The maximum atomic E-state index is 13.2. The molecule has 2 aliphatic heterocycles. The summed E-state index contributed by atoms with van der Waals surface area (Å²) in [4.78, 5) is 29.4. The van der Waals surface area contributed by atoms with Crippen LogP contribution in [0.5, 0.6) is 5.75 Å². The fourth-order valence-corrected chi connectivity index (χ4v) is 4.46. The number of hydrogen-bond acceptors (Lipinski definition) is 6. The first-order chi connectivity index (χ1) is 13.7. The van der Waals surface area contributed by atoms with Gasteiger partial charge < -0.3 is 19.5 Å². The van der Waals surface area contributed by atoms with E-state index in [4.69, 9.17) is 10.5 Å². The third-order valence-electron chi connectivity index (χ3n) is 5.70. The highest BCUT2D eigenvalue weighted by Gasteiger charge is 2.43. The van der Waals surface area contributed by atoms with Crippen molar-refractivity contribution < 1.29 is 9.53 Å². The summed E-state index contributed by atoms with van der Waals surface area (Å²) in [5.74, 6) is 1.70. The van der Waals surface area contributed by atoms with E-state index in [0.717, 1.165) is 42.8 Å². The number of aromatic nitrogens is 3. The number of nitrogens with one attached hydrogen (secondary N) is 1. The molecule has 2 bridgehead atoms. The van der Waals surface area contributed by atoms with Gasteiger partial charge in [-0.1, -0.05) is 0 Å². The van der Waals surface area contributed by atoms with Crippen molar-refractivity contribution in [3.8, 4) is 5.75 Å². The highest BCUT2D eigenvalue weighted by molar-refractivity contribution is 5.95. The number of carbonyl (C=O) groups is 1. The molecule has 144 valence electrons. The molecule has 3 aromatic rings. The molecule has 1 aromatic carbocycles. The summed E-state index contributed by atoms with van der Waals surface area (Å²) in [5.41, 5.74) is 6.92. The molecule has 0 radical (unpaired) electrons. The van der Waals surface area contributed by atoms with Gasteiger partial charge >= 0.3 is 0 Å². The minimum Gasteiger partial charge on any atom is -0.479 e. The number of piperazine rings is 1. The van der Waals surface area contributed by atoms with Crippen molar-refractivity contribution in [2.24, 2.45) is 5.73 Å². The number of H-pyrrole nitrogens is 1. The van der Waals surface area contributed by atoms with E-state index in [1.165, 1.54) is 0 Å². The number of nitrogens with zero attached hydrogens (tertiary/aromatic N) is 4. The third kappa shape index (κ3) is 2.77. The number of rotatable bonds is 4. The lowest BCUT2D eigenvalue weighted by Gasteiger charge is -2.41. The summed E-state index contributed by atoms with van der Waals surface area (Å²) in [6.07, 6.45) is 5.51. The zero-order valence-corrected chi connectivity index (χ0v) is 15.4. The van der Waals surface area contributed by atoms with E-state index in [9.17, 15) is 4.79 Å². The van der Waals surface area contributed by atoms with Crippen molar-refractivity contribution in [2.75, 3.05) is 24.7 Å². The molecule has 1 unspecified atom stereocenters. The SMILES string of the molecule is NCOc1ccc(C(=O)N2C3CC[C@@H]2CN(c2ncnc4[nH]ccc24)C3)cc1. The molecule has 1 amide bonds. The third-order valence-corrected chi connectivity index (χ3v) is 5.70. The van der Waals surface area contributed by atoms with Crippen LogP contribution in [0, 0.1) is 0 Å². The second-order valence-electron chi connectivity index (χ2n) is 7.28. The number of ether oxygens (including phenoxy) is 1. The average Bonchev–Trinajstić information content (AvgIpc) is 3.30. The number of amides is 1. The molecule has 0 spiro atoms. The van der Waals surface area contributed by atoms with Crippen LogP contribution in [0.1, 0.15) is 23.2 Å². The Morgan fingerprint density at radius 1 is 1.14 bits per heavy atom. The molecule has 5 rings (SSSR count). The minimum atomic E-state index is 0.0842. The fourth-order valence-electron chi connectivity index (χ4n) is 4.46. The van der Waals surface area contributed by atoms with Crippen molar-refractivity contribution in [2.45, 2.75) is 24.9 Å². The van der Waals surface area contributed by atoms with Gasteiger partial charge in [-0.3, -0.25) is 10.5 Å². The first-order valence-electron chi connectivity index (χ1n) is 9.53. The van der Waals surface area contributed by atoms with E-state index in [0.29, 0.717) is 11.3 Å². The molecule has 2 aromatic heterocycles. The van der Waals surface area contributed by atoms with Crippen LogP contribution >= 0.6 is 0 Å². The van der Waals surface area contributed by atoms with Gasteiger partial charge in [0.15, 0.2) is 0 Å². The van der Waals surface area contributed by atoms with E-state index in [1.807, 2.05) is 24.4 Å². The Morgan fingerprint density at radius 3 is 2.61 bits per heavy atom. The van der Waals surface area contributed by atoms with Crippen molar-refractivity contribution in [1.29, 1.82) is 0 Å². The lowest BCUT2D eigenvalue weighted by atomic mass is 10.1. The lowest BCUT2D eigenvalue weighted by Crippen LogP contribution is -2.56.